The zero-order valence-corrected chi connectivity index (χ0v) is 18.9. The van der Waals surface area contributed by atoms with Crippen molar-refractivity contribution in [2.45, 2.75) is 34.1 Å². The second kappa shape index (κ2) is 12.0. The van der Waals surface area contributed by atoms with Crippen LogP contribution in [0, 0.1) is 13.8 Å². The Balaban J connectivity index is 2.05. The number of hydrogen-bond donors (Lipinski definition) is 1. The van der Waals surface area contributed by atoms with Gasteiger partial charge in [0.2, 0.25) is 5.91 Å². The summed E-state index contributed by atoms with van der Waals surface area (Å²) >= 11 is 6.30. The molecule has 0 heterocycles. The van der Waals surface area contributed by atoms with E-state index in [2.05, 4.69) is 10.5 Å². The van der Waals surface area contributed by atoms with Crippen molar-refractivity contribution in [3.63, 3.8) is 0 Å². The summed E-state index contributed by atoms with van der Waals surface area (Å²) < 4.78 is 15.9. The van der Waals surface area contributed by atoms with Crippen LogP contribution in [0.15, 0.2) is 35.4 Å². The van der Waals surface area contributed by atoms with Gasteiger partial charge in [-0.25, -0.2) is 10.2 Å². The molecular formula is C23H27ClN2O5. The number of hydrogen-bond acceptors (Lipinski definition) is 6. The predicted octanol–water partition coefficient (Wildman–Crippen LogP) is 3.99. The number of halogens is 1. The zero-order chi connectivity index (χ0) is 22.8. The van der Waals surface area contributed by atoms with Crippen molar-refractivity contribution in [3.05, 3.63) is 57.6 Å². The molecule has 2 aromatic carbocycles. The topological polar surface area (TPSA) is 86.2 Å². The first kappa shape index (κ1) is 24.2. The minimum Gasteiger partial charge on any atom is -0.490 e. The summed E-state index contributed by atoms with van der Waals surface area (Å²) in [4.78, 5) is 23.7. The molecule has 31 heavy (non-hydrogen) atoms. The predicted molar refractivity (Wildman–Crippen MR) is 120 cm³/mol. The van der Waals surface area contributed by atoms with Crippen LogP contribution in [0.5, 0.6) is 11.5 Å². The van der Waals surface area contributed by atoms with E-state index in [1.165, 1.54) is 6.21 Å². The average molecular weight is 447 g/mol. The van der Waals surface area contributed by atoms with E-state index in [4.69, 9.17) is 25.8 Å². The minimum atomic E-state index is -0.502. The van der Waals surface area contributed by atoms with Gasteiger partial charge in [0.25, 0.3) is 0 Å². The fourth-order valence-corrected chi connectivity index (χ4v) is 3.11. The van der Waals surface area contributed by atoms with Gasteiger partial charge in [0, 0.05) is 0 Å². The molecule has 0 radical (unpaired) electrons. The number of benzene rings is 2. The molecule has 8 heteroatoms. The van der Waals surface area contributed by atoms with Crippen molar-refractivity contribution >= 4 is 29.7 Å². The highest BCUT2D eigenvalue weighted by Gasteiger charge is 2.14. The quantitative estimate of drug-likeness (QED) is 0.339. The molecule has 0 aromatic heterocycles. The Labute approximate surface area is 187 Å². The van der Waals surface area contributed by atoms with E-state index in [-0.39, 0.29) is 36.3 Å². The molecule has 0 aliphatic heterocycles. The van der Waals surface area contributed by atoms with E-state index in [0.717, 1.165) is 16.7 Å². The molecule has 1 N–H and O–H groups in total. The van der Waals surface area contributed by atoms with Gasteiger partial charge in [0.1, 0.15) is 0 Å². The Morgan fingerprint density at radius 1 is 1.10 bits per heavy atom. The number of ether oxygens (including phenoxy) is 3. The number of nitrogens with one attached hydrogen (secondary N) is 1. The summed E-state index contributed by atoms with van der Waals surface area (Å²) in [6.45, 7) is 7.87. The van der Waals surface area contributed by atoms with Crippen LogP contribution in [0.3, 0.4) is 0 Å². The molecule has 0 unspecified atom stereocenters. The highest BCUT2D eigenvalue weighted by Crippen LogP contribution is 2.36. The van der Waals surface area contributed by atoms with Crippen molar-refractivity contribution < 1.29 is 23.8 Å². The zero-order valence-electron chi connectivity index (χ0n) is 18.2. The lowest BCUT2D eigenvalue weighted by Gasteiger charge is -2.14. The first-order valence-electron chi connectivity index (χ1n) is 9.96. The van der Waals surface area contributed by atoms with Gasteiger partial charge in [-0.1, -0.05) is 35.4 Å². The number of hydrazone groups is 1. The second-order valence-corrected chi connectivity index (χ2v) is 7.16. The van der Waals surface area contributed by atoms with Crippen molar-refractivity contribution in [1.82, 2.24) is 5.43 Å². The number of esters is 1. The maximum absolute atomic E-state index is 12.2. The van der Waals surface area contributed by atoms with Crippen molar-refractivity contribution in [3.8, 4) is 11.5 Å². The van der Waals surface area contributed by atoms with E-state index in [1.54, 1.807) is 19.1 Å². The SMILES string of the molecule is CCOC(=O)COc1c(Cl)cc(/C=N\NC(=O)Cc2ccc(C)cc2C)cc1OCC. The molecule has 2 rings (SSSR count). The summed E-state index contributed by atoms with van der Waals surface area (Å²) in [7, 11) is 0. The van der Waals surface area contributed by atoms with E-state index < -0.39 is 5.97 Å². The standard InChI is InChI=1S/C23H27ClN2O5/c1-5-29-20-11-17(10-19(24)23(20)31-14-22(28)30-6-2)13-25-26-21(27)12-18-8-7-15(3)9-16(18)4/h7-11,13H,5-6,12,14H2,1-4H3,(H,26,27)/b25-13-. The number of carbonyl (C=O) groups is 2. The van der Waals surface area contributed by atoms with Gasteiger partial charge in [-0.05, 0) is 56.5 Å². The van der Waals surface area contributed by atoms with E-state index in [1.807, 2.05) is 39.0 Å². The van der Waals surface area contributed by atoms with Gasteiger partial charge < -0.3 is 14.2 Å². The molecule has 7 nitrogen and oxygen atoms in total. The van der Waals surface area contributed by atoms with Crippen molar-refractivity contribution in [2.75, 3.05) is 19.8 Å². The van der Waals surface area contributed by atoms with Crippen molar-refractivity contribution in [2.24, 2.45) is 5.10 Å². The lowest BCUT2D eigenvalue weighted by atomic mass is 10.0. The molecular weight excluding hydrogens is 420 g/mol. The number of carbonyl (C=O) groups excluding carboxylic acids is 2. The van der Waals surface area contributed by atoms with Gasteiger partial charge in [0.15, 0.2) is 18.1 Å². The van der Waals surface area contributed by atoms with Crippen LogP contribution in [0.4, 0.5) is 0 Å². The maximum Gasteiger partial charge on any atom is 0.344 e. The molecule has 0 saturated heterocycles. The summed E-state index contributed by atoms with van der Waals surface area (Å²) in [5.74, 6) is -0.123. The van der Waals surface area contributed by atoms with Crippen LogP contribution in [0.1, 0.15) is 36.1 Å². The number of aryl methyl sites for hydroxylation is 2. The van der Waals surface area contributed by atoms with Gasteiger partial charge in [0.05, 0.1) is 30.9 Å². The largest absolute Gasteiger partial charge is 0.490 e. The number of rotatable bonds is 10. The molecule has 166 valence electrons. The fourth-order valence-electron chi connectivity index (χ4n) is 2.83. The lowest BCUT2D eigenvalue weighted by Crippen LogP contribution is -2.20. The first-order chi connectivity index (χ1) is 14.8. The highest BCUT2D eigenvalue weighted by molar-refractivity contribution is 6.32. The summed E-state index contributed by atoms with van der Waals surface area (Å²) in [5, 5.41) is 4.25. The maximum atomic E-state index is 12.2. The van der Waals surface area contributed by atoms with Crippen LogP contribution >= 0.6 is 11.6 Å². The van der Waals surface area contributed by atoms with Gasteiger partial charge in [-0.3, -0.25) is 4.79 Å². The molecule has 1 amide bonds. The smallest absolute Gasteiger partial charge is 0.344 e. The summed E-state index contributed by atoms with van der Waals surface area (Å²) in [6.07, 6.45) is 1.69. The molecule has 0 bridgehead atoms. The summed E-state index contributed by atoms with van der Waals surface area (Å²) in [6, 6.07) is 9.22. The van der Waals surface area contributed by atoms with Gasteiger partial charge >= 0.3 is 5.97 Å². The van der Waals surface area contributed by atoms with E-state index in [0.29, 0.717) is 17.9 Å². The Kier molecular flexibility index (Phi) is 9.34. The molecule has 0 spiro atoms. The third-order valence-corrected chi connectivity index (χ3v) is 4.50. The molecule has 0 atom stereocenters. The van der Waals surface area contributed by atoms with Crippen LogP contribution in [-0.4, -0.2) is 37.9 Å². The van der Waals surface area contributed by atoms with Gasteiger partial charge in [-0.15, -0.1) is 0 Å². The Bertz CT molecular complexity index is 959. The van der Waals surface area contributed by atoms with Crippen LogP contribution in [0.25, 0.3) is 0 Å². The normalized spacial score (nSPS) is 10.7. The van der Waals surface area contributed by atoms with E-state index >= 15 is 0 Å². The third kappa shape index (κ3) is 7.61. The highest BCUT2D eigenvalue weighted by atomic mass is 35.5. The second-order valence-electron chi connectivity index (χ2n) is 6.76. The summed E-state index contributed by atoms with van der Waals surface area (Å²) in [5.41, 5.74) is 6.27. The fraction of sp³-hybridized carbons (Fsp3) is 0.348. The van der Waals surface area contributed by atoms with Crippen LogP contribution in [0.2, 0.25) is 5.02 Å². The monoisotopic (exact) mass is 446 g/mol. The molecule has 2 aromatic rings. The molecule has 0 fully saturated rings. The van der Waals surface area contributed by atoms with Crippen LogP contribution < -0.4 is 14.9 Å². The molecule has 0 aliphatic carbocycles. The lowest BCUT2D eigenvalue weighted by molar-refractivity contribution is -0.145. The molecule has 0 aliphatic rings. The minimum absolute atomic E-state index is 0.228. The Morgan fingerprint density at radius 3 is 2.55 bits per heavy atom. The molecule has 0 saturated carbocycles. The average Bonchev–Trinajstić information content (AvgIpc) is 2.70. The number of nitrogens with zero attached hydrogens (tertiary/aromatic N) is 1. The first-order valence-corrected chi connectivity index (χ1v) is 10.3. The Hall–Kier alpha value is -3.06. The Morgan fingerprint density at radius 2 is 1.87 bits per heavy atom. The number of amides is 1. The van der Waals surface area contributed by atoms with Crippen molar-refractivity contribution in [1.29, 1.82) is 0 Å². The van der Waals surface area contributed by atoms with Gasteiger partial charge in [-0.2, -0.15) is 5.10 Å². The van der Waals surface area contributed by atoms with Crippen LogP contribution in [-0.2, 0) is 20.7 Å². The van der Waals surface area contributed by atoms with E-state index in [9.17, 15) is 9.59 Å². The third-order valence-electron chi connectivity index (χ3n) is 4.22.